The zero-order chi connectivity index (χ0) is 19.3. The third-order valence-electron chi connectivity index (χ3n) is 4.73. The number of rotatable bonds is 8. The Balaban J connectivity index is 2.12. The zero-order valence-corrected chi connectivity index (χ0v) is 16.2. The molecule has 2 aliphatic rings. The third kappa shape index (κ3) is 5.16. The molecule has 26 heavy (non-hydrogen) atoms. The maximum absolute atomic E-state index is 12.8. The van der Waals surface area contributed by atoms with Gasteiger partial charge < -0.3 is 10.0 Å². The molecular weight excluding hydrogens is 328 g/mol. The highest BCUT2D eigenvalue weighted by Crippen LogP contribution is 2.27. The molecule has 0 aromatic rings. The summed E-state index contributed by atoms with van der Waals surface area (Å²) in [5.41, 5.74) is 0.658. The first-order valence-electron chi connectivity index (χ1n) is 9.47. The Morgan fingerprint density at radius 1 is 1.15 bits per heavy atom. The topological polar surface area (TPSA) is 70.0 Å². The first-order chi connectivity index (χ1) is 12.3. The fraction of sp³-hybridized carbons (Fsp3) is 0.571. The lowest BCUT2D eigenvalue weighted by Crippen LogP contribution is -2.36. The predicted octanol–water partition coefficient (Wildman–Crippen LogP) is 3.83. The van der Waals surface area contributed by atoms with E-state index in [1.54, 1.807) is 18.2 Å². The Morgan fingerprint density at radius 2 is 1.77 bits per heavy atom. The number of aliphatic hydroxyl groups is 1. The van der Waals surface area contributed by atoms with Crippen molar-refractivity contribution < 1.29 is 14.7 Å². The molecule has 0 fully saturated rings. The minimum Gasteiger partial charge on any atom is -0.511 e. The second-order valence-electron chi connectivity index (χ2n) is 7.85. The van der Waals surface area contributed by atoms with E-state index >= 15 is 0 Å². The summed E-state index contributed by atoms with van der Waals surface area (Å²) in [6.07, 6.45) is 8.85. The molecule has 0 bridgehead atoms. The molecular formula is C21H30N2O3. The van der Waals surface area contributed by atoms with Gasteiger partial charge in [0.25, 0.3) is 5.91 Å². The van der Waals surface area contributed by atoms with E-state index in [0.29, 0.717) is 30.6 Å². The number of allylic oxidation sites excluding steroid dienone is 4. The molecule has 1 aliphatic heterocycles. The number of aliphatic imine (C=N–C) groups is 1. The van der Waals surface area contributed by atoms with Crippen LogP contribution in [-0.2, 0) is 9.59 Å². The van der Waals surface area contributed by atoms with Crippen LogP contribution in [0, 0.1) is 17.8 Å². The van der Waals surface area contributed by atoms with Crippen LogP contribution in [0.3, 0.4) is 0 Å². The summed E-state index contributed by atoms with van der Waals surface area (Å²) in [6, 6.07) is 0. The van der Waals surface area contributed by atoms with E-state index in [1.807, 2.05) is 11.0 Å². The van der Waals surface area contributed by atoms with Crippen LogP contribution in [0.4, 0.5) is 0 Å². The molecule has 1 atom stereocenters. The van der Waals surface area contributed by atoms with Crippen LogP contribution >= 0.6 is 0 Å². The van der Waals surface area contributed by atoms with Crippen LogP contribution in [0.5, 0.6) is 0 Å². The second kappa shape index (κ2) is 8.97. The molecule has 1 N–H and O–H groups in total. The van der Waals surface area contributed by atoms with Crippen molar-refractivity contribution >= 4 is 17.5 Å². The van der Waals surface area contributed by atoms with Gasteiger partial charge in [0, 0.05) is 13.1 Å². The first kappa shape index (κ1) is 20.1. The lowest BCUT2D eigenvalue weighted by atomic mass is 9.89. The summed E-state index contributed by atoms with van der Waals surface area (Å²) in [5, 5.41) is 10.5. The molecule has 5 heteroatoms. The van der Waals surface area contributed by atoms with E-state index in [9.17, 15) is 14.7 Å². The number of hydrogen-bond donors (Lipinski definition) is 1. The van der Waals surface area contributed by atoms with Gasteiger partial charge in [0.05, 0.1) is 23.6 Å². The summed E-state index contributed by atoms with van der Waals surface area (Å²) in [4.78, 5) is 31.0. The Kier molecular flexibility index (Phi) is 6.95. The number of carbonyl (C=O) groups excluding carboxylic acids is 2. The maximum Gasteiger partial charge on any atom is 0.277 e. The van der Waals surface area contributed by atoms with Crippen LogP contribution in [0.1, 0.15) is 47.0 Å². The molecule has 142 valence electrons. The van der Waals surface area contributed by atoms with Crippen LogP contribution in [0.25, 0.3) is 0 Å². The van der Waals surface area contributed by atoms with Crippen LogP contribution in [-0.4, -0.2) is 40.6 Å². The number of aliphatic hydroxyl groups excluding tert-OH is 1. The first-order valence-corrected chi connectivity index (χ1v) is 9.47. The maximum atomic E-state index is 12.8. The van der Waals surface area contributed by atoms with Crippen molar-refractivity contribution in [1.82, 2.24) is 4.90 Å². The van der Waals surface area contributed by atoms with E-state index in [2.05, 4.69) is 32.7 Å². The van der Waals surface area contributed by atoms with Gasteiger partial charge in [-0.25, -0.2) is 4.99 Å². The quantitative estimate of drug-likeness (QED) is 0.717. The summed E-state index contributed by atoms with van der Waals surface area (Å²) >= 11 is 0. The van der Waals surface area contributed by atoms with Gasteiger partial charge in [-0.1, -0.05) is 45.9 Å². The van der Waals surface area contributed by atoms with Gasteiger partial charge >= 0.3 is 0 Å². The largest absolute Gasteiger partial charge is 0.511 e. The average molecular weight is 358 g/mol. The molecule has 0 radical (unpaired) electrons. The van der Waals surface area contributed by atoms with E-state index in [0.717, 1.165) is 12.8 Å². The summed E-state index contributed by atoms with van der Waals surface area (Å²) in [5.74, 6) is -0.0778. The number of nitrogens with zero attached hydrogens (tertiary/aromatic N) is 2. The molecule has 0 aromatic heterocycles. The van der Waals surface area contributed by atoms with Crippen molar-refractivity contribution in [2.75, 3.05) is 13.1 Å². The summed E-state index contributed by atoms with van der Waals surface area (Å²) in [7, 11) is 0. The van der Waals surface area contributed by atoms with Gasteiger partial charge in [0.1, 0.15) is 5.76 Å². The molecule has 1 unspecified atom stereocenters. The van der Waals surface area contributed by atoms with Gasteiger partial charge in [-0.05, 0) is 30.8 Å². The summed E-state index contributed by atoms with van der Waals surface area (Å²) in [6.45, 7) is 9.86. The Bertz CT molecular complexity index is 657. The van der Waals surface area contributed by atoms with Gasteiger partial charge in [-0.2, -0.15) is 0 Å². The fourth-order valence-electron chi connectivity index (χ4n) is 2.97. The number of fused-ring (bicyclic) bond motifs is 1. The zero-order valence-electron chi connectivity index (χ0n) is 16.2. The lowest BCUT2D eigenvalue weighted by Gasteiger charge is -2.26. The molecule has 2 amide bonds. The normalized spacial score (nSPS) is 19.2. The Hall–Kier alpha value is -2.17. The molecule has 5 nitrogen and oxygen atoms in total. The minimum absolute atomic E-state index is 0.0402. The highest BCUT2D eigenvalue weighted by molar-refractivity contribution is 6.15. The van der Waals surface area contributed by atoms with E-state index in [1.165, 1.54) is 0 Å². The SMILES string of the molecule is CC(C)CCN(CCC(C)C)C(=O)CC1=C(O)C2C=CC=CC2=NC1=O. The monoisotopic (exact) mass is 358 g/mol. The molecule has 2 rings (SSSR count). The van der Waals surface area contributed by atoms with E-state index in [4.69, 9.17) is 0 Å². The van der Waals surface area contributed by atoms with Gasteiger partial charge in [-0.3, -0.25) is 9.59 Å². The summed E-state index contributed by atoms with van der Waals surface area (Å²) < 4.78 is 0. The van der Waals surface area contributed by atoms with E-state index < -0.39 is 11.8 Å². The number of hydrogen-bond acceptors (Lipinski definition) is 3. The van der Waals surface area contributed by atoms with Gasteiger partial charge in [-0.15, -0.1) is 0 Å². The minimum atomic E-state index is -0.505. The third-order valence-corrected chi connectivity index (χ3v) is 4.73. The highest BCUT2D eigenvalue weighted by atomic mass is 16.3. The molecule has 1 aliphatic carbocycles. The predicted molar refractivity (Wildman–Crippen MR) is 104 cm³/mol. The van der Waals surface area contributed by atoms with Gasteiger partial charge in [0.15, 0.2) is 0 Å². The van der Waals surface area contributed by atoms with Crippen LogP contribution in [0.15, 0.2) is 40.6 Å². The number of amides is 2. The lowest BCUT2D eigenvalue weighted by molar-refractivity contribution is -0.131. The van der Waals surface area contributed by atoms with Crippen molar-refractivity contribution in [2.24, 2.45) is 22.7 Å². The van der Waals surface area contributed by atoms with Crippen molar-refractivity contribution in [3.8, 4) is 0 Å². The van der Waals surface area contributed by atoms with Crippen molar-refractivity contribution in [3.05, 3.63) is 35.6 Å². The molecule has 1 heterocycles. The number of dihydropyridines is 1. The van der Waals surface area contributed by atoms with E-state index in [-0.39, 0.29) is 23.7 Å². The highest BCUT2D eigenvalue weighted by Gasteiger charge is 2.32. The molecule has 0 spiro atoms. The van der Waals surface area contributed by atoms with Crippen LogP contribution in [0.2, 0.25) is 0 Å². The van der Waals surface area contributed by atoms with Gasteiger partial charge in [0.2, 0.25) is 5.91 Å². The molecule has 0 saturated heterocycles. The number of carbonyl (C=O) groups is 2. The fourth-order valence-corrected chi connectivity index (χ4v) is 2.97. The Labute approximate surface area is 156 Å². The average Bonchev–Trinajstić information content (AvgIpc) is 2.58. The van der Waals surface area contributed by atoms with Crippen molar-refractivity contribution in [1.29, 1.82) is 0 Å². The second-order valence-corrected chi connectivity index (χ2v) is 7.85. The Morgan fingerprint density at radius 3 is 2.35 bits per heavy atom. The van der Waals surface area contributed by atoms with Crippen LogP contribution < -0.4 is 0 Å². The standard InChI is InChI=1S/C21H30N2O3/c1-14(2)9-11-23(12-10-15(3)4)19(24)13-17-20(25)16-7-5-6-8-18(16)22-21(17)26/h5-8,14-16,25H,9-13H2,1-4H3. The van der Waals surface area contributed by atoms with Crippen molar-refractivity contribution in [3.63, 3.8) is 0 Å². The molecule has 0 saturated carbocycles. The molecule has 0 aromatic carbocycles. The smallest absolute Gasteiger partial charge is 0.277 e. The van der Waals surface area contributed by atoms with Crippen molar-refractivity contribution in [2.45, 2.75) is 47.0 Å².